The van der Waals surface area contributed by atoms with E-state index in [9.17, 15) is 0 Å². The molecule has 0 aromatic carbocycles. The van der Waals surface area contributed by atoms with Crippen molar-refractivity contribution >= 4 is 0 Å². The fraction of sp³-hybridized carbons (Fsp3) is 0.875. The molecule has 0 saturated heterocycles. The highest BCUT2D eigenvalue weighted by Crippen LogP contribution is 1.96. The van der Waals surface area contributed by atoms with Crippen LogP contribution in [0, 0.1) is 0 Å². The summed E-state index contributed by atoms with van der Waals surface area (Å²) in [6.07, 6.45) is 1.78. The van der Waals surface area contributed by atoms with E-state index in [1.54, 1.807) is 7.05 Å². The highest BCUT2D eigenvalue weighted by atomic mass is 16.2. The Morgan fingerprint density at radius 3 is 2.93 bits per heavy atom. The lowest BCUT2D eigenvalue weighted by Gasteiger charge is -2.10. The maximum Gasteiger partial charge on any atom is 0.188 e. The summed E-state index contributed by atoms with van der Waals surface area (Å²) < 4.78 is 0. The highest BCUT2D eigenvalue weighted by Gasteiger charge is 2.03. The molecule has 0 fully saturated rings. The van der Waals surface area contributed by atoms with Gasteiger partial charge in [-0.2, -0.15) is 4.80 Å². The maximum absolute atomic E-state index is 8.64. The number of aliphatic hydroxyl groups excluding tert-OH is 1. The number of hydrogen-bond acceptors (Lipinski definition) is 5. The zero-order valence-corrected chi connectivity index (χ0v) is 8.64. The van der Waals surface area contributed by atoms with Crippen molar-refractivity contribution in [2.75, 3.05) is 6.61 Å². The lowest BCUT2D eigenvalue weighted by molar-refractivity contribution is 0.276. The molecule has 0 saturated carbocycles. The molecule has 1 aromatic rings. The third-order valence-corrected chi connectivity index (χ3v) is 1.95. The zero-order chi connectivity index (χ0) is 10.4. The first kappa shape index (κ1) is 11.1. The predicted octanol–water partition coefficient (Wildman–Crippen LogP) is -0.539. The number of aryl methyl sites for hydroxylation is 1. The second kappa shape index (κ2) is 5.66. The molecule has 14 heavy (non-hydrogen) atoms. The van der Waals surface area contributed by atoms with Crippen LogP contribution in [0.5, 0.6) is 0 Å². The largest absolute Gasteiger partial charge is 0.396 e. The van der Waals surface area contributed by atoms with Gasteiger partial charge in [0.1, 0.15) is 0 Å². The van der Waals surface area contributed by atoms with Gasteiger partial charge in [0.05, 0.1) is 13.6 Å². The van der Waals surface area contributed by atoms with Crippen molar-refractivity contribution in [1.82, 2.24) is 25.5 Å². The smallest absolute Gasteiger partial charge is 0.188 e. The van der Waals surface area contributed by atoms with Gasteiger partial charge < -0.3 is 10.4 Å². The summed E-state index contributed by atoms with van der Waals surface area (Å²) in [5.74, 6) is 0.698. The van der Waals surface area contributed by atoms with Crippen LogP contribution >= 0.6 is 0 Å². The number of hydrogen-bond donors (Lipinski definition) is 2. The molecule has 6 nitrogen and oxygen atoms in total. The number of aliphatic hydroxyl groups is 1. The molecule has 0 spiro atoms. The first-order valence-electron chi connectivity index (χ1n) is 4.79. The molecule has 80 valence electrons. The number of tetrazole rings is 1. The van der Waals surface area contributed by atoms with E-state index in [1.807, 2.05) is 0 Å². The second-order valence-electron chi connectivity index (χ2n) is 3.34. The summed E-state index contributed by atoms with van der Waals surface area (Å²) in [5, 5.41) is 23.5. The van der Waals surface area contributed by atoms with Crippen LogP contribution in [0.25, 0.3) is 0 Å². The van der Waals surface area contributed by atoms with Gasteiger partial charge >= 0.3 is 0 Å². The van der Waals surface area contributed by atoms with E-state index in [1.165, 1.54) is 4.80 Å². The molecule has 0 aliphatic rings. The molecule has 1 aromatic heterocycles. The van der Waals surface area contributed by atoms with E-state index in [0.717, 1.165) is 12.8 Å². The van der Waals surface area contributed by atoms with Crippen molar-refractivity contribution in [3.8, 4) is 0 Å². The SMILES string of the molecule is CC(CCCO)NCc1nnn(C)n1. The van der Waals surface area contributed by atoms with Crippen molar-refractivity contribution < 1.29 is 5.11 Å². The van der Waals surface area contributed by atoms with E-state index in [0.29, 0.717) is 18.4 Å². The summed E-state index contributed by atoms with van der Waals surface area (Å²) in [6.45, 7) is 2.95. The molecule has 2 N–H and O–H groups in total. The summed E-state index contributed by atoms with van der Waals surface area (Å²) in [5.41, 5.74) is 0. The Kier molecular flexibility index (Phi) is 4.48. The van der Waals surface area contributed by atoms with Crippen LogP contribution in [-0.4, -0.2) is 38.0 Å². The molecule has 1 rings (SSSR count). The molecule has 0 aliphatic heterocycles. The molecule has 0 aliphatic carbocycles. The van der Waals surface area contributed by atoms with Crippen LogP contribution < -0.4 is 5.32 Å². The molecular formula is C8H17N5O. The molecule has 0 amide bonds. The molecular weight excluding hydrogens is 182 g/mol. The number of nitrogens with zero attached hydrogens (tertiary/aromatic N) is 4. The van der Waals surface area contributed by atoms with Crippen molar-refractivity contribution in [1.29, 1.82) is 0 Å². The molecule has 6 heteroatoms. The minimum Gasteiger partial charge on any atom is -0.396 e. The Morgan fingerprint density at radius 1 is 1.57 bits per heavy atom. The summed E-state index contributed by atoms with van der Waals surface area (Å²) in [7, 11) is 1.74. The Hall–Kier alpha value is -1.01. The topological polar surface area (TPSA) is 75.9 Å². The summed E-state index contributed by atoms with van der Waals surface area (Å²) >= 11 is 0. The summed E-state index contributed by atoms with van der Waals surface area (Å²) in [6, 6.07) is 0.367. The highest BCUT2D eigenvalue weighted by molar-refractivity contribution is 4.76. The lowest BCUT2D eigenvalue weighted by Crippen LogP contribution is -2.26. The van der Waals surface area contributed by atoms with Crippen LogP contribution in [-0.2, 0) is 13.6 Å². The van der Waals surface area contributed by atoms with Gasteiger partial charge in [-0.15, -0.1) is 10.2 Å². The zero-order valence-electron chi connectivity index (χ0n) is 8.64. The van der Waals surface area contributed by atoms with Crippen molar-refractivity contribution in [3.63, 3.8) is 0 Å². The summed E-state index contributed by atoms with van der Waals surface area (Å²) in [4.78, 5) is 1.44. The van der Waals surface area contributed by atoms with Gasteiger partial charge in [-0.05, 0) is 25.0 Å². The van der Waals surface area contributed by atoms with E-state index in [-0.39, 0.29) is 6.61 Å². The van der Waals surface area contributed by atoms with E-state index in [4.69, 9.17) is 5.11 Å². The fourth-order valence-electron chi connectivity index (χ4n) is 1.16. The monoisotopic (exact) mass is 199 g/mol. The number of rotatable bonds is 6. The van der Waals surface area contributed by atoms with Crippen LogP contribution in [0.1, 0.15) is 25.6 Å². The van der Waals surface area contributed by atoms with E-state index < -0.39 is 0 Å². The van der Waals surface area contributed by atoms with Crippen molar-refractivity contribution in [3.05, 3.63) is 5.82 Å². The Balaban J connectivity index is 2.20. The Morgan fingerprint density at radius 2 is 2.36 bits per heavy atom. The maximum atomic E-state index is 8.64. The third kappa shape index (κ3) is 3.80. The molecule has 0 radical (unpaired) electrons. The van der Waals surface area contributed by atoms with Crippen LogP contribution in [0.3, 0.4) is 0 Å². The Labute approximate surface area is 83.3 Å². The van der Waals surface area contributed by atoms with Gasteiger partial charge in [-0.3, -0.25) is 0 Å². The fourth-order valence-corrected chi connectivity index (χ4v) is 1.16. The molecule has 1 heterocycles. The normalized spacial score (nSPS) is 13.1. The first-order valence-corrected chi connectivity index (χ1v) is 4.79. The van der Waals surface area contributed by atoms with Crippen molar-refractivity contribution in [2.24, 2.45) is 7.05 Å². The van der Waals surface area contributed by atoms with E-state index >= 15 is 0 Å². The van der Waals surface area contributed by atoms with Gasteiger partial charge in [0.15, 0.2) is 5.82 Å². The quantitative estimate of drug-likeness (QED) is 0.643. The van der Waals surface area contributed by atoms with Crippen molar-refractivity contribution in [2.45, 2.75) is 32.4 Å². The first-order chi connectivity index (χ1) is 6.72. The molecule has 1 unspecified atom stereocenters. The lowest BCUT2D eigenvalue weighted by atomic mass is 10.2. The van der Waals surface area contributed by atoms with Gasteiger partial charge in [0.2, 0.25) is 0 Å². The number of nitrogens with one attached hydrogen (secondary N) is 1. The molecule has 0 bridgehead atoms. The van der Waals surface area contributed by atoms with E-state index in [2.05, 4.69) is 27.7 Å². The third-order valence-electron chi connectivity index (χ3n) is 1.95. The molecule has 1 atom stereocenters. The Bertz CT molecular complexity index is 262. The average Bonchev–Trinajstić information content (AvgIpc) is 2.58. The van der Waals surface area contributed by atoms with Gasteiger partial charge in [0.25, 0.3) is 0 Å². The number of aromatic nitrogens is 4. The standard InChI is InChI=1S/C8H17N5O/c1-7(4-3-5-14)9-6-8-10-12-13(2)11-8/h7,9,14H,3-6H2,1-2H3. The van der Waals surface area contributed by atoms with Gasteiger partial charge in [-0.1, -0.05) is 0 Å². The predicted molar refractivity (Wildman–Crippen MR) is 51.4 cm³/mol. The van der Waals surface area contributed by atoms with Gasteiger partial charge in [0, 0.05) is 12.6 Å². The van der Waals surface area contributed by atoms with Crippen LogP contribution in [0.4, 0.5) is 0 Å². The second-order valence-corrected chi connectivity index (χ2v) is 3.34. The van der Waals surface area contributed by atoms with Crippen LogP contribution in [0.15, 0.2) is 0 Å². The minimum atomic E-state index is 0.245. The van der Waals surface area contributed by atoms with Crippen LogP contribution in [0.2, 0.25) is 0 Å². The van der Waals surface area contributed by atoms with Gasteiger partial charge in [-0.25, -0.2) is 0 Å². The minimum absolute atomic E-state index is 0.245. The average molecular weight is 199 g/mol.